The monoisotopic (exact) mass is 365 g/mol. The zero-order valence-electron chi connectivity index (χ0n) is 14.1. The zero-order chi connectivity index (χ0) is 16.9. The maximum absolute atomic E-state index is 12.5. The molecule has 130 valence electrons. The molecule has 1 aliphatic heterocycles. The molecule has 5 nitrogen and oxygen atoms in total. The number of likely N-dealkylation sites (N-methyl/N-ethyl adjacent to an activating group) is 1. The predicted octanol–water partition coefficient (Wildman–Crippen LogP) is 3.00. The lowest BCUT2D eigenvalue weighted by Crippen LogP contribution is -2.49. The van der Waals surface area contributed by atoms with Gasteiger partial charge >= 0.3 is 0 Å². The van der Waals surface area contributed by atoms with E-state index in [-0.39, 0.29) is 11.3 Å². The van der Waals surface area contributed by atoms with Gasteiger partial charge in [0, 0.05) is 26.2 Å². The van der Waals surface area contributed by atoms with Gasteiger partial charge in [0.2, 0.25) is 10.0 Å². The number of aryl methyl sites for hydroxylation is 1. The Kier molecular flexibility index (Phi) is 4.05. The van der Waals surface area contributed by atoms with Crippen molar-refractivity contribution < 1.29 is 8.42 Å². The number of rotatable bonds is 4. The lowest BCUT2D eigenvalue weighted by atomic mass is 10.1. The number of hydrogen-bond acceptors (Lipinski definition) is 5. The molecule has 1 aromatic heterocycles. The first-order valence-electron chi connectivity index (χ1n) is 8.54. The van der Waals surface area contributed by atoms with Crippen molar-refractivity contribution in [3.05, 3.63) is 23.8 Å². The van der Waals surface area contributed by atoms with E-state index in [1.165, 1.54) is 10.3 Å². The second-order valence-corrected chi connectivity index (χ2v) is 10.3. The molecule has 0 radical (unpaired) electrons. The molecule has 2 heterocycles. The first-order valence-corrected chi connectivity index (χ1v) is 10.9. The van der Waals surface area contributed by atoms with Gasteiger partial charge in [0.1, 0.15) is 0 Å². The van der Waals surface area contributed by atoms with Crippen LogP contribution in [0.3, 0.4) is 0 Å². The van der Waals surface area contributed by atoms with Crippen LogP contribution in [0.4, 0.5) is 5.13 Å². The number of nitrogens with zero attached hydrogens (tertiary/aromatic N) is 3. The summed E-state index contributed by atoms with van der Waals surface area (Å²) in [6.07, 6.45) is 3.58. The summed E-state index contributed by atoms with van der Waals surface area (Å²) in [4.78, 5) is 7.01. The molecule has 1 atom stereocenters. The highest BCUT2D eigenvalue weighted by molar-refractivity contribution is 7.90. The third-order valence-electron chi connectivity index (χ3n) is 5.06. The summed E-state index contributed by atoms with van der Waals surface area (Å²) in [6, 6.07) is 6.37. The summed E-state index contributed by atoms with van der Waals surface area (Å²) in [5, 5.41) is 0.876. The van der Waals surface area contributed by atoms with Crippen LogP contribution in [0.25, 0.3) is 10.2 Å². The average Bonchev–Trinajstić information content (AvgIpc) is 3.35. The number of sulfonamides is 1. The van der Waals surface area contributed by atoms with Crippen LogP contribution in [0.1, 0.15) is 31.2 Å². The van der Waals surface area contributed by atoms with Gasteiger partial charge < -0.3 is 4.90 Å². The Morgan fingerprint density at radius 2 is 2.08 bits per heavy atom. The number of thiazole rings is 1. The number of piperidine rings is 1. The normalized spacial score (nSPS) is 22.5. The SMILES string of the molecule is Cc1ccc2nc(N3CCCC(N(C)S(=O)(=O)C4CC4)C3)sc2c1. The Bertz CT molecular complexity index is 858. The fourth-order valence-corrected chi connectivity index (χ4v) is 6.28. The molecular formula is C17H23N3O2S2. The number of benzene rings is 1. The maximum Gasteiger partial charge on any atom is 0.217 e. The minimum absolute atomic E-state index is 0.0538. The Hall–Kier alpha value is -1.18. The predicted molar refractivity (Wildman–Crippen MR) is 99.3 cm³/mol. The highest BCUT2D eigenvalue weighted by Gasteiger charge is 2.41. The quantitative estimate of drug-likeness (QED) is 0.836. The molecule has 24 heavy (non-hydrogen) atoms. The van der Waals surface area contributed by atoms with E-state index in [0.29, 0.717) is 0 Å². The van der Waals surface area contributed by atoms with Gasteiger partial charge in [-0.2, -0.15) is 4.31 Å². The van der Waals surface area contributed by atoms with Crippen LogP contribution in [-0.4, -0.2) is 49.1 Å². The molecule has 1 saturated carbocycles. The van der Waals surface area contributed by atoms with Gasteiger partial charge in [-0.3, -0.25) is 0 Å². The van der Waals surface area contributed by atoms with Crippen LogP contribution in [0, 0.1) is 6.92 Å². The van der Waals surface area contributed by atoms with E-state index in [1.807, 2.05) is 0 Å². The second kappa shape index (κ2) is 5.97. The van der Waals surface area contributed by atoms with E-state index in [1.54, 1.807) is 22.7 Å². The summed E-state index contributed by atoms with van der Waals surface area (Å²) >= 11 is 1.70. The summed E-state index contributed by atoms with van der Waals surface area (Å²) in [5.41, 5.74) is 2.27. The summed E-state index contributed by atoms with van der Waals surface area (Å²) in [7, 11) is -1.36. The van der Waals surface area contributed by atoms with E-state index in [4.69, 9.17) is 4.98 Å². The van der Waals surface area contributed by atoms with Crippen LogP contribution in [0.15, 0.2) is 18.2 Å². The highest BCUT2D eigenvalue weighted by Crippen LogP contribution is 2.35. The van der Waals surface area contributed by atoms with Gasteiger partial charge in [0.05, 0.1) is 15.5 Å². The average molecular weight is 366 g/mol. The minimum Gasteiger partial charge on any atom is -0.346 e. The number of fused-ring (bicyclic) bond motifs is 1. The van der Waals surface area contributed by atoms with Crippen molar-refractivity contribution in [2.24, 2.45) is 0 Å². The van der Waals surface area contributed by atoms with Crippen molar-refractivity contribution >= 4 is 36.7 Å². The molecule has 1 aromatic carbocycles. The number of anilines is 1. The van der Waals surface area contributed by atoms with Crippen LogP contribution < -0.4 is 4.90 Å². The topological polar surface area (TPSA) is 53.5 Å². The van der Waals surface area contributed by atoms with Crippen molar-refractivity contribution in [1.29, 1.82) is 0 Å². The van der Waals surface area contributed by atoms with E-state index >= 15 is 0 Å². The minimum atomic E-state index is -3.11. The van der Waals surface area contributed by atoms with Gasteiger partial charge in [-0.25, -0.2) is 13.4 Å². The summed E-state index contributed by atoms with van der Waals surface area (Å²) < 4.78 is 27.8. The Balaban J connectivity index is 1.55. The molecule has 0 bridgehead atoms. The van der Waals surface area contributed by atoms with Crippen molar-refractivity contribution in [3.8, 4) is 0 Å². The molecule has 2 aromatic rings. The first-order chi connectivity index (χ1) is 11.4. The van der Waals surface area contributed by atoms with Crippen LogP contribution >= 0.6 is 11.3 Å². The third kappa shape index (κ3) is 2.93. The van der Waals surface area contributed by atoms with Crippen molar-refractivity contribution in [1.82, 2.24) is 9.29 Å². The standard InChI is InChI=1S/C17H23N3O2S2/c1-12-5-8-15-16(10-12)23-17(18-15)20-9-3-4-13(11-20)19(2)24(21,22)14-6-7-14/h5,8,10,13-14H,3-4,6-7,9,11H2,1-2H3. The molecule has 2 fully saturated rings. The van der Waals surface area contributed by atoms with Gasteiger partial charge in [0.15, 0.2) is 5.13 Å². The Labute approximate surface area is 147 Å². The van der Waals surface area contributed by atoms with Gasteiger partial charge in [-0.1, -0.05) is 17.4 Å². The maximum atomic E-state index is 12.5. The van der Waals surface area contributed by atoms with Crippen molar-refractivity contribution in [2.45, 2.75) is 43.9 Å². The van der Waals surface area contributed by atoms with Gasteiger partial charge in [0.25, 0.3) is 0 Å². The van der Waals surface area contributed by atoms with E-state index in [2.05, 4.69) is 30.0 Å². The summed E-state index contributed by atoms with van der Waals surface area (Å²) in [6.45, 7) is 3.78. The number of hydrogen-bond donors (Lipinski definition) is 0. The zero-order valence-corrected chi connectivity index (χ0v) is 15.7. The second-order valence-electron chi connectivity index (χ2n) is 6.97. The summed E-state index contributed by atoms with van der Waals surface area (Å²) in [5.74, 6) is 0. The third-order valence-corrected chi connectivity index (χ3v) is 8.55. The van der Waals surface area contributed by atoms with Crippen molar-refractivity contribution in [2.75, 3.05) is 25.0 Å². The number of aromatic nitrogens is 1. The van der Waals surface area contributed by atoms with Gasteiger partial charge in [-0.05, 0) is 50.3 Å². The van der Waals surface area contributed by atoms with Crippen LogP contribution in [0.2, 0.25) is 0 Å². The molecular weight excluding hydrogens is 342 g/mol. The molecule has 1 saturated heterocycles. The Morgan fingerprint density at radius 1 is 1.29 bits per heavy atom. The smallest absolute Gasteiger partial charge is 0.217 e. The fourth-order valence-electron chi connectivity index (χ4n) is 3.39. The molecule has 1 aliphatic carbocycles. The fraction of sp³-hybridized carbons (Fsp3) is 0.588. The molecule has 0 spiro atoms. The molecule has 2 aliphatic rings. The van der Waals surface area contributed by atoms with Crippen LogP contribution in [0.5, 0.6) is 0 Å². The first kappa shape index (κ1) is 16.3. The van der Waals surface area contributed by atoms with Crippen molar-refractivity contribution in [3.63, 3.8) is 0 Å². The highest BCUT2D eigenvalue weighted by atomic mass is 32.2. The van der Waals surface area contributed by atoms with E-state index in [0.717, 1.165) is 49.4 Å². The lowest BCUT2D eigenvalue weighted by Gasteiger charge is -2.37. The van der Waals surface area contributed by atoms with E-state index < -0.39 is 10.0 Å². The lowest BCUT2D eigenvalue weighted by molar-refractivity contribution is 0.320. The molecule has 1 unspecified atom stereocenters. The molecule has 4 rings (SSSR count). The largest absolute Gasteiger partial charge is 0.346 e. The molecule has 7 heteroatoms. The van der Waals surface area contributed by atoms with Crippen LogP contribution in [-0.2, 0) is 10.0 Å². The molecule has 0 N–H and O–H groups in total. The van der Waals surface area contributed by atoms with E-state index in [9.17, 15) is 8.42 Å². The Morgan fingerprint density at radius 3 is 2.83 bits per heavy atom. The molecule has 0 amide bonds. The van der Waals surface area contributed by atoms with Gasteiger partial charge in [-0.15, -0.1) is 0 Å².